The molecule has 0 amide bonds. The van der Waals surface area contributed by atoms with Crippen molar-refractivity contribution in [2.75, 3.05) is 6.54 Å². The molecule has 0 aromatic heterocycles. The maximum absolute atomic E-state index is 12.3. The van der Waals surface area contributed by atoms with E-state index in [0.717, 1.165) is 3.57 Å². The number of rotatable bonds is 3. The van der Waals surface area contributed by atoms with Crippen LogP contribution >= 0.6 is 22.6 Å². The van der Waals surface area contributed by atoms with Gasteiger partial charge in [-0.2, -0.15) is 13.2 Å². The third kappa shape index (κ3) is 3.86. The molecule has 2 nitrogen and oxygen atoms in total. The highest BCUT2D eigenvalue weighted by Crippen LogP contribution is 2.25. The van der Waals surface area contributed by atoms with Gasteiger partial charge < -0.3 is 10.5 Å². The van der Waals surface area contributed by atoms with E-state index in [2.05, 4.69) is 0 Å². The molecule has 0 saturated heterocycles. The molecule has 0 bridgehead atoms. The minimum atomic E-state index is -4.43. The van der Waals surface area contributed by atoms with Crippen LogP contribution in [0.5, 0.6) is 5.75 Å². The average Bonchev–Trinajstić information content (AvgIpc) is 2.12. The number of hydrogen-bond donors (Lipinski definition) is 1. The molecule has 0 aliphatic rings. The largest absolute Gasteiger partial charge is 0.480 e. The van der Waals surface area contributed by atoms with Crippen LogP contribution in [0.2, 0.25) is 0 Å². The number of benzene rings is 1. The van der Waals surface area contributed by atoms with Crippen molar-refractivity contribution in [2.45, 2.75) is 12.3 Å². The highest BCUT2D eigenvalue weighted by molar-refractivity contribution is 14.1. The maximum atomic E-state index is 12.3. The van der Waals surface area contributed by atoms with E-state index >= 15 is 0 Å². The molecule has 0 saturated carbocycles. The number of ether oxygens (including phenoxy) is 1. The first-order chi connectivity index (χ1) is 6.93. The van der Waals surface area contributed by atoms with Gasteiger partial charge in [-0.3, -0.25) is 0 Å². The van der Waals surface area contributed by atoms with Crippen LogP contribution in [-0.2, 0) is 0 Å². The normalized spacial score (nSPS) is 13.7. The molecular weight excluding hydrogens is 322 g/mol. The molecule has 1 rings (SSSR count). The Kier molecular flexibility index (Phi) is 4.21. The Labute approximate surface area is 98.7 Å². The first-order valence-electron chi connectivity index (χ1n) is 4.12. The Morgan fingerprint density at radius 2 is 2.07 bits per heavy atom. The van der Waals surface area contributed by atoms with Crippen molar-refractivity contribution in [3.8, 4) is 5.75 Å². The average molecular weight is 331 g/mol. The molecule has 0 heterocycles. The first kappa shape index (κ1) is 12.6. The monoisotopic (exact) mass is 331 g/mol. The van der Waals surface area contributed by atoms with E-state index in [4.69, 9.17) is 10.5 Å². The van der Waals surface area contributed by atoms with Gasteiger partial charge in [0.25, 0.3) is 0 Å². The molecule has 2 N–H and O–H groups in total. The van der Waals surface area contributed by atoms with Crippen molar-refractivity contribution in [3.05, 3.63) is 27.8 Å². The molecule has 6 heteroatoms. The van der Waals surface area contributed by atoms with E-state index in [1.165, 1.54) is 12.1 Å². The third-order valence-corrected chi connectivity index (χ3v) is 2.32. The van der Waals surface area contributed by atoms with E-state index in [0.29, 0.717) is 0 Å². The summed E-state index contributed by atoms with van der Waals surface area (Å²) < 4.78 is 42.5. The zero-order valence-corrected chi connectivity index (χ0v) is 9.75. The Hall–Kier alpha value is -0.500. The van der Waals surface area contributed by atoms with Gasteiger partial charge in [0.2, 0.25) is 6.10 Å². The predicted molar refractivity (Wildman–Crippen MR) is 58.7 cm³/mol. The zero-order chi connectivity index (χ0) is 11.5. The molecule has 0 fully saturated rings. The quantitative estimate of drug-likeness (QED) is 0.864. The van der Waals surface area contributed by atoms with E-state index in [1.807, 2.05) is 22.6 Å². The van der Waals surface area contributed by atoms with Crippen molar-refractivity contribution >= 4 is 22.6 Å². The number of alkyl halides is 3. The van der Waals surface area contributed by atoms with Crippen LogP contribution in [0.15, 0.2) is 24.3 Å². The maximum Gasteiger partial charge on any atom is 0.426 e. The van der Waals surface area contributed by atoms with Crippen molar-refractivity contribution in [3.63, 3.8) is 0 Å². The van der Waals surface area contributed by atoms with Gasteiger partial charge in [0.05, 0.1) is 0 Å². The Morgan fingerprint density at radius 3 is 2.53 bits per heavy atom. The second-order valence-corrected chi connectivity index (χ2v) is 4.09. The second-order valence-electron chi connectivity index (χ2n) is 2.84. The second kappa shape index (κ2) is 5.02. The number of halogens is 4. The topological polar surface area (TPSA) is 35.2 Å². The minimum absolute atomic E-state index is 0.176. The van der Waals surface area contributed by atoms with E-state index in [9.17, 15) is 13.2 Å². The fourth-order valence-electron chi connectivity index (χ4n) is 0.953. The molecule has 1 unspecified atom stereocenters. The van der Waals surface area contributed by atoms with Crippen molar-refractivity contribution in [1.29, 1.82) is 0 Å². The summed E-state index contributed by atoms with van der Waals surface area (Å²) in [5.74, 6) is 0.176. The van der Waals surface area contributed by atoms with Crippen LogP contribution in [0.1, 0.15) is 0 Å². The van der Waals surface area contributed by atoms with Crippen LogP contribution in [-0.4, -0.2) is 18.8 Å². The van der Waals surface area contributed by atoms with Gasteiger partial charge in [0.15, 0.2) is 0 Å². The lowest BCUT2D eigenvalue weighted by molar-refractivity contribution is -0.191. The summed E-state index contributed by atoms with van der Waals surface area (Å²) in [6.07, 6.45) is -6.38. The highest BCUT2D eigenvalue weighted by atomic mass is 127. The Morgan fingerprint density at radius 1 is 1.40 bits per heavy atom. The van der Waals surface area contributed by atoms with Crippen molar-refractivity contribution in [2.24, 2.45) is 5.73 Å². The molecule has 1 aromatic rings. The van der Waals surface area contributed by atoms with Crippen LogP contribution in [0.25, 0.3) is 0 Å². The van der Waals surface area contributed by atoms with Crippen LogP contribution < -0.4 is 10.5 Å². The van der Waals surface area contributed by atoms with Gasteiger partial charge in [-0.05, 0) is 40.8 Å². The lowest BCUT2D eigenvalue weighted by Gasteiger charge is -2.20. The zero-order valence-electron chi connectivity index (χ0n) is 7.59. The van der Waals surface area contributed by atoms with E-state index in [1.54, 1.807) is 12.1 Å². The Bertz CT molecular complexity index is 329. The molecule has 0 aliphatic carbocycles. The fraction of sp³-hybridized carbons (Fsp3) is 0.333. The lowest BCUT2D eigenvalue weighted by atomic mass is 10.3. The van der Waals surface area contributed by atoms with Crippen LogP contribution in [0.4, 0.5) is 13.2 Å². The molecule has 84 valence electrons. The summed E-state index contributed by atoms with van der Waals surface area (Å²) in [5, 5.41) is 0. The highest BCUT2D eigenvalue weighted by Gasteiger charge is 2.40. The van der Waals surface area contributed by atoms with E-state index < -0.39 is 18.8 Å². The van der Waals surface area contributed by atoms with Crippen LogP contribution in [0.3, 0.4) is 0 Å². The summed E-state index contributed by atoms with van der Waals surface area (Å²) in [6.45, 7) is -0.588. The summed E-state index contributed by atoms with van der Waals surface area (Å²) in [6, 6.07) is 6.38. The number of hydrogen-bond acceptors (Lipinski definition) is 2. The number of nitrogens with two attached hydrogens (primary N) is 1. The smallest absolute Gasteiger partial charge is 0.426 e. The van der Waals surface area contributed by atoms with Gasteiger partial charge in [-0.25, -0.2) is 0 Å². The predicted octanol–water partition coefficient (Wildman–Crippen LogP) is 2.56. The lowest BCUT2D eigenvalue weighted by Crippen LogP contribution is -2.40. The minimum Gasteiger partial charge on any atom is -0.480 e. The summed E-state index contributed by atoms with van der Waals surface area (Å²) in [5.41, 5.74) is 5.00. The van der Waals surface area contributed by atoms with Gasteiger partial charge in [-0.1, -0.05) is 6.07 Å². The van der Waals surface area contributed by atoms with E-state index in [-0.39, 0.29) is 5.75 Å². The standard InChI is InChI=1S/C9H9F3INO/c10-9(11,12)8(5-14)15-7-3-1-2-6(13)4-7/h1-4,8H,5,14H2. The summed E-state index contributed by atoms with van der Waals surface area (Å²) >= 11 is 1.99. The molecule has 0 radical (unpaired) electrons. The van der Waals surface area contributed by atoms with Crippen molar-refractivity contribution in [1.82, 2.24) is 0 Å². The molecule has 1 aromatic carbocycles. The van der Waals surface area contributed by atoms with Crippen molar-refractivity contribution < 1.29 is 17.9 Å². The van der Waals surface area contributed by atoms with Gasteiger partial charge in [0.1, 0.15) is 5.75 Å². The van der Waals surface area contributed by atoms with Gasteiger partial charge in [-0.15, -0.1) is 0 Å². The molecule has 15 heavy (non-hydrogen) atoms. The molecule has 0 spiro atoms. The summed E-state index contributed by atoms with van der Waals surface area (Å²) in [7, 11) is 0. The van der Waals surface area contributed by atoms with Gasteiger partial charge >= 0.3 is 6.18 Å². The van der Waals surface area contributed by atoms with Crippen LogP contribution in [0, 0.1) is 3.57 Å². The fourth-order valence-corrected chi connectivity index (χ4v) is 1.47. The van der Waals surface area contributed by atoms with Gasteiger partial charge in [0, 0.05) is 10.1 Å². The molecule has 0 aliphatic heterocycles. The first-order valence-corrected chi connectivity index (χ1v) is 5.20. The SMILES string of the molecule is NCC(Oc1cccc(I)c1)C(F)(F)F. The third-order valence-electron chi connectivity index (χ3n) is 1.65. The summed E-state index contributed by atoms with van der Waals surface area (Å²) in [4.78, 5) is 0. The Balaban J connectivity index is 2.76. The molecule has 1 atom stereocenters. The molecular formula is C9H9F3INO.